The number of hydrogen-bond acceptors (Lipinski definition) is 4. The normalized spacial score (nSPS) is 18.3. The molecule has 5 nitrogen and oxygen atoms in total. The molecule has 0 saturated heterocycles. The number of nitrogens with zero attached hydrogens (tertiary/aromatic N) is 1. The number of benzene rings is 2. The van der Waals surface area contributed by atoms with Gasteiger partial charge < -0.3 is 10.1 Å². The van der Waals surface area contributed by atoms with Crippen molar-refractivity contribution in [1.82, 2.24) is 4.98 Å². The minimum Gasteiger partial charge on any atom is -0.456 e. The third kappa shape index (κ3) is 4.45. The van der Waals surface area contributed by atoms with Crippen molar-refractivity contribution in [3.8, 4) is 0 Å². The van der Waals surface area contributed by atoms with Crippen LogP contribution in [-0.2, 0) is 9.53 Å². The fourth-order valence-corrected chi connectivity index (χ4v) is 3.45. The summed E-state index contributed by atoms with van der Waals surface area (Å²) in [5.41, 5.74) is 1.87. The molecule has 0 aliphatic heterocycles. The zero-order valence-electron chi connectivity index (χ0n) is 16.8. The molecule has 1 heterocycles. The van der Waals surface area contributed by atoms with Crippen molar-refractivity contribution in [2.75, 3.05) is 5.32 Å². The molecule has 1 N–H and O–H groups in total. The van der Waals surface area contributed by atoms with Gasteiger partial charge in [-0.2, -0.15) is 0 Å². The first-order valence-corrected chi connectivity index (χ1v) is 9.78. The summed E-state index contributed by atoms with van der Waals surface area (Å²) in [5, 5.41) is 5.10. The molecule has 1 fully saturated rings. The molecular formula is C24H24N2O3. The van der Waals surface area contributed by atoms with Crippen LogP contribution in [-0.4, -0.2) is 22.5 Å². The van der Waals surface area contributed by atoms with Crippen molar-refractivity contribution in [3.63, 3.8) is 0 Å². The number of anilines is 1. The van der Waals surface area contributed by atoms with E-state index in [1.54, 1.807) is 24.5 Å². The van der Waals surface area contributed by atoms with E-state index in [2.05, 4.69) is 10.3 Å². The molecule has 2 atom stereocenters. The molecule has 1 aliphatic carbocycles. The molecule has 148 valence electrons. The number of fused-ring (bicyclic) bond motifs is 1. The first kappa shape index (κ1) is 19.1. The predicted octanol–water partition coefficient (Wildman–Crippen LogP) is 4.93. The summed E-state index contributed by atoms with van der Waals surface area (Å²) < 4.78 is 5.39. The van der Waals surface area contributed by atoms with Crippen molar-refractivity contribution >= 4 is 28.3 Å². The molecule has 0 bridgehead atoms. The van der Waals surface area contributed by atoms with Crippen LogP contribution in [0.2, 0.25) is 0 Å². The molecule has 1 saturated carbocycles. The van der Waals surface area contributed by atoms with E-state index in [1.165, 1.54) is 0 Å². The molecule has 1 aliphatic rings. The first-order chi connectivity index (χ1) is 13.8. The van der Waals surface area contributed by atoms with E-state index in [0.29, 0.717) is 5.56 Å². The zero-order chi connectivity index (χ0) is 20.6. The van der Waals surface area contributed by atoms with E-state index in [0.717, 1.165) is 28.4 Å². The average molecular weight is 388 g/mol. The van der Waals surface area contributed by atoms with Crippen LogP contribution in [0.15, 0.2) is 60.9 Å². The van der Waals surface area contributed by atoms with Crippen LogP contribution in [0.25, 0.3) is 10.8 Å². The maximum absolute atomic E-state index is 12.6. The Morgan fingerprint density at radius 3 is 2.52 bits per heavy atom. The molecule has 2 aromatic carbocycles. The molecule has 0 spiro atoms. The highest BCUT2D eigenvalue weighted by molar-refractivity contribution is 5.97. The highest BCUT2D eigenvalue weighted by Crippen LogP contribution is 2.48. The molecule has 1 aromatic heterocycles. The van der Waals surface area contributed by atoms with Crippen molar-refractivity contribution in [1.29, 1.82) is 0 Å². The van der Waals surface area contributed by atoms with Crippen LogP contribution in [0.5, 0.6) is 0 Å². The number of rotatable bonds is 4. The molecule has 0 unspecified atom stereocenters. The van der Waals surface area contributed by atoms with Gasteiger partial charge in [0.2, 0.25) is 5.91 Å². The fraction of sp³-hybridized carbons (Fsp3) is 0.292. The summed E-state index contributed by atoms with van der Waals surface area (Å²) >= 11 is 0. The zero-order valence-corrected chi connectivity index (χ0v) is 16.8. The van der Waals surface area contributed by atoms with E-state index in [9.17, 15) is 9.59 Å². The summed E-state index contributed by atoms with van der Waals surface area (Å²) in [5.74, 6) is -0.164. The standard InChI is InChI=1S/C24H24N2O3/c1-24(2,3)29-23(28)16-6-4-15(5-7-16)20-13-21(20)22(27)26-19-9-8-18-14-25-11-10-17(18)12-19/h4-12,14,20-21H,13H2,1-3H3,(H,26,27)/t20-,21+/m0/s1. The predicted molar refractivity (Wildman–Crippen MR) is 113 cm³/mol. The Balaban J connectivity index is 1.38. The van der Waals surface area contributed by atoms with Crippen LogP contribution in [0.4, 0.5) is 5.69 Å². The van der Waals surface area contributed by atoms with Crippen LogP contribution >= 0.6 is 0 Å². The second-order valence-corrected chi connectivity index (χ2v) is 8.50. The van der Waals surface area contributed by atoms with Crippen LogP contribution in [0, 0.1) is 5.92 Å². The van der Waals surface area contributed by atoms with Gasteiger partial charge in [-0.15, -0.1) is 0 Å². The van der Waals surface area contributed by atoms with Crippen molar-refractivity contribution in [2.24, 2.45) is 5.92 Å². The smallest absolute Gasteiger partial charge is 0.338 e. The Labute approximate surface area is 170 Å². The number of aromatic nitrogens is 1. The largest absolute Gasteiger partial charge is 0.456 e. The summed E-state index contributed by atoms with van der Waals surface area (Å²) in [6.45, 7) is 5.54. The van der Waals surface area contributed by atoms with Gasteiger partial charge in [0, 0.05) is 29.4 Å². The van der Waals surface area contributed by atoms with Crippen molar-refractivity contribution < 1.29 is 14.3 Å². The summed E-state index contributed by atoms with van der Waals surface area (Å²) in [7, 11) is 0. The summed E-state index contributed by atoms with van der Waals surface area (Å²) in [4.78, 5) is 28.9. The van der Waals surface area contributed by atoms with E-state index < -0.39 is 5.60 Å². The molecular weight excluding hydrogens is 364 g/mol. The van der Waals surface area contributed by atoms with Crippen LogP contribution in [0.1, 0.15) is 49.0 Å². The number of esters is 1. The minimum absolute atomic E-state index is 0.0274. The highest BCUT2D eigenvalue weighted by atomic mass is 16.6. The summed E-state index contributed by atoms with van der Waals surface area (Å²) in [6, 6.07) is 15.1. The molecule has 0 radical (unpaired) electrons. The van der Waals surface area contributed by atoms with Gasteiger partial charge in [-0.1, -0.05) is 18.2 Å². The van der Waals surface area contributed by atoms with E-state index in [4.69, 9.17) is 4.74 Å². The molecule has 3 aromatic rings. The number of ether oxygens (including phenoxy) is 1. The lowest BCUT2D eigenvalue weighted by Crippen LogP contribution is -2.23. The Kier molecular flexibility index (Phi) is 4.82. The van der Waals surface area contributed by atoms with Gasteiger partial charge in [0.1, 0.15) is 5.60 Å². The summed E-state index contributed by atoms with van der Waals surface area (Å²) in [6.07, 6.45) is 4.36. The van der Waals surface area contributed by atoms with Crippen LogP contribution < -0.4 is 5.32 Å². The lowest BCUT2D eigenvalue weighted by Gasteiger charge is -2.19. The number of amides is 1. The lowest BCUT2D eigenvalue weighted by atomic mass is 10.1. The van der Waals surface area contributed by atoms with Gasteiger partial charge >= 0.3 is 5.97 Å². The Bertz CT molecular complexity index is 1070. The lowest BCUT2D eigenvalue weighted by molar-refractivity contribution is -0.117. The topological polar surface area (TPSA) is 68.3 Å². The minimum atomic E-state index is -0.519. The quantitative estimate of drug-likeness (QED) is 0.643. The van der Waals surface area contributed by atoms with Gasteiger partial charge in [0.25, 0.3) is 0 Å². The van der Waals surface area contributed by atoms with E-state index in [-0.39, 0.29) is 23.7 Å². The number of pyridine rings is 1. The Morgan fingerprint density at radius 2 is 1.79 bits per heavy atom. The molecule has 29 heavy (non-hydrogen) atoms. The molecule has 1 amide bonds. The third-order valence-corrected chi connectivity index (χ3v) is 5.01. The fourth-order valence-electron chi connectivity index (χ4n) is 3.45. The van der Waals surface area contributed by atoms with Gasteiger partial charge in [-0.3, -0.25) is 9.78 Å². The Hall–Kier alpha value is -3.21. The first-order valence-electron chi connectivity index (χ1n) is 9.78. The molecule has 5 heteroatoms. The van der Waals surface area contributed by atoms with Gasteiger partial charge in [0.05, 0.1) is 5.56 Å². The van der Waals surface area contributed by atoms with E-state index >= 15 is 0 Å². The van der Waals surface area contributed by atoms with Crippen molar-refractivity contribution in [3.05, 3.63) is 72.1 Å². The van der Waals surface area contributed by atoms with Gasteiger partial charge in [0.15, 0.2) is 0 Å². The maximum Gasteiger partial charge on any atom is 0.338 e. The van der Waals surface area contributed by atoms with Crippen LogP contribution in [0.3, 0.4) is 0 Å². The van der Waals surface area contributed by atoms with Crippen molar-refractivity contribution in [2.45, 2.75) is 38.7 Å². The highest BCUT2D eigenvalue weighted by Gasteiger charge is 2.44. The molecule has 4 rings (SSSR count). The van der Waals surface area contributed by atoms with Gasteiger partial charge in [-0.25, -0.2) is 4.79 Å². The number of carbonyl (C=O) groups is 2. The monoisotopic (exact) mass is 388 g/mol. The van der Waals surface area contributed by atoms with Gasteiger partial charge in [-0.05, 0) is 74.4 Å². The average Bonchev–Trinajstić information content (AvgIpc) is 3.48. The van der Waals surface area contributed by atoms with E-state index in [1.807, 2.05) is 57.2 Å². The Morgan fingerprint density at radius 1 is 1.03 bits per heavy atom. The number of carbonyl (C=O) groups excluding carboxylic acids is 2. The SMILES string of the molecule is CC(C)(C)OC(=O)c1ccc([C@@H]2C[C@H]2C(=O)Nc2ccc3cnccc3c2)cc1. The second-order valence-electron chi connectivity index (χ2n) is 8.50. The second kappa shape index (κ2) is 7.32. The number of hydrogen-bond donors (Lipinski definition) is 1. The maximum atomic E-state index is 12.6. The number of nitrogens with one attached hydrogen (secondary N) is 1. The third-order valence-electron chi connectivity index (χ3n) is 5.01.